The molecule has 0 amide bonds. The van der Waals surface area contributed by atoms with Crippen LogP contribution in [0, 0.1) is 0 Å². The van der Waals surface area contributed by atoms with Crippen LogP contribution in [0.1, 0.15) is 10.4 Å². The summed E-state index contributed by atoms with van der Waals surface area (Å²) in [4.78, 5) is 11.1. The van der Waals surface area contributed by atoms with E-state index in [4.69, 9.17) is 5.11 Å². The van der Waals surface area contributed by atoms with E-state index in [1.807, 2.05) is 0 Å². The van der Waals surface area contributed by atoms with Crippen molar-refractivity contribution in [2.75, 3.05) is 4.72 Å². The molecule has 2 rings (SSSR count). The normalized spacial score (nSPS) is 11.1. The van der Waals surface area contributed by atoms with Gasteiger partial charge in [-0.2, -0.15) is 0 Å². The van der Waals surface area contributed by atoms with Crippen LogP contribution in [-0.2, 0) is 10.0 Å². The predicted octanol–water partition coefficient (Wildman–Crippen LogP) is 2.95. The van der Waals surface area contributed by atoms with E-state index in [0.29, 0.717) is 4.47 Å². The third kappa shape index (κ3) is 3.17. The summed E-state index contributed by atoms with van der Waals surface area (Å²) in [6.45, 7) is 0. The molecule has 0 aliphatic rings. The number of rotatable bonds is 4. The lowest BCUT2D eigenvalue weighted by molar-refractivity contribution is 0.0696. The van der Waals surface area contributed by atoms with Gasteiger partial charge in [-0.15, -0.1) is 0 Å². The smallest absolute Gasteiger partial charge is 0.336 e. The number of anilines is 1. The van der Waals surface area contributed by atoms with Gasteiger partial charge in [0.15, 0.2) is 0 Å². The van der Waals surface area contributed by atoms with Gasteiger partial charge in [-0.1, -0.05) is 18.2 Å². The van der Waals surface area contributed by atoms with E-state index < -0.39 is 16.0 Å². The van der Waals surface area contributed by atoms with Crippen LogP contribution in [-0.4, -0.2) is 19.5 Å². The number of aromatic carboxylic acids is 1. The van der Waals surface area contributed by atoms with E-state index in [2.05, 4.69) is 20.7 Å². The summed E-state index contributed by atoms with van der Waals surface area (Å²) in [5, 5.41) is 9.00. The molecule has 0 saturated carbocycles. The van der Waals surface area contributed by atoms with Crippen LogP contribution in [0.3, 0.4) is 0 Å². The van der Waals surface area contributed by atoms with Crippen LogP contribution < -0.4 is 4.72 Å². The Labute approximate surface area is 124 Å². The zero-order chi connectivity index (χ0) is 14.8. The van der Waals surface area contributed by atoms with Gasteiger partial charge in [0.2, 0.25) is 0 Å². The Morgan fingerprint density at radius 3 is 2.35 bits per heavy atom. The van der Waals surface area contributed by atoms with Crippen molar-refractivity contribution < 1.29 is 18.3 Å². The molecule has 0 aliphatic carbocycles. The standard InChI is InChI=1S/C13H10BrNO4S/c14-12-7-6-9(8-11(12)13(16)17)15-20(18,19)10-4-2-1-3-5-10/h1-8,15H,(H,16,17). The fourth-order valence-electron chi connectivity index (χ4n) is 1.57. The van der Waals surface area contributed by atoms with Crippen LogP contribution in [0.25, 0.3) is 0 Å². The van der Waals surface area contributed by atoms with Crippen molar-refractivity contribution in [3.05, 3.63) is 58.6 Å². The van der Waals surface area contributed by atoms with Crippen molar-refractivity contribution in [2.45, 2.75) is 4.90 Å². The van der Waals surface area contributed by atoms with Crippen molar-refractivity contribution in [1.29, 1.82) is 0 Å². The lowest BCUT2D eigenvalue weighted by atomic mass is 10.2. The molecule has 5 nitrogen and oxygen atoms in total. The largest absolute Gasteiger partial charge is 0.478 e. The molecule has 0 atom stereocenters. The van der Waals surface area contributed by atoms with Crippen LogP contribution in [0.2, 0.25) is 0 Å². The highest BCUT2D eigenvalue weighted by molar-refractivity contribution is 9.10. The number of halogens is 1. The highest BCUT2D eigenvalue weighted by atomic mass is 79.9. The van der Waals surface area contributed by atoms with Crippen LogP contribution in [0.15, 0.2) is 57.9 Å². The molecule has 0 bridgehead atoms. The summed E-state index contributed by atoms with van der Waals surface area (Å²) < 4.78 is 26.9. The third-order valence-corrected chi connectivity index (χ3v) is 4.59. The molecule has 2 aromatic rings. The van der Waals surface area contributed by atoms with Gasteiger partial charge in [0.05, 0.1) is 10.5 Å². The molecule has 0 saturated heterocycles. The minimum absolute atomic E-state index is 0.0155. The first-order valence-electron chi connectivity index (χ1n) is 5.51. The molecule has 0 unspecified atom stereocenters. The van der Waals surface area contributed by atoms with E-state index in [0.717, 1.165) is 0 Å². The summed E-state index contributed by atoms with van der Waals surface area (Å²) >= 11 is 3.10. The van der Waals surface area contributed by atoms with E-state index in [-0.39, 0.29) is 16.1 Å². The number of sulfonamides is 1. The Morgan fingerprint density at radius 2 is 1.75 bits per heavy atom. The zero-order valence-electron chi connectivity index (χ0n) is 10.1. The number of carboxylic acids is 1. The fraction of sp³-hybridized carbons (Fsp3) is 0. The van der Waals surface area contributed by atoms with Crippen molar-refractivity contribution in [2.24, 2.45) is 0 Å². The van der Waals surface area contributed by atoms with E-state index in [1.165, 1.54) is 30.3 Å². The quantitative estimate of drug-likeness (QED) is 0.882. The minimum Gasteiger partial charge on any atom is -0.478 e. The second kappa shape index (κ2) is 5.64. The Morgan fingerprint density at radius 1 is 1.10 bits per heavy atom. The Balaban J connectivity index is 2.36. The summed E-state index contributed by atoms with van der Waals surface area (Å²) in [6, 6.07) is 12.1. The zero-order valence-corrected chi connectivity index (χ0v) is 12.5. The second-order valence-corrected chi connectivity index (χ2v) is 6.46. The average Bonchev–Trinajstić information content (AvgIpc) is 2.41. The number of carboxylic acid groups (broad SMARTS) is 1. The lowest BCUT2D eigenvalue weighted by Crippen LogP contribution is -2.13. The molecule has 0 spiro atoms. The number of benzene rings is 2. The van der Waals surface area contributed by atoms with Crippen LogP contribution in [0.5, 0.6) is 0 Å². The maximum absolute atomic E-state index is 12.1. The number of hydrogen-bond donors (Lipinski definition) is 2. The SMILES string of the molecule is O=C(O)c1cc(NS(=O)(=O)c2ccccc2)ccc1Br. The van der Waals surface area contributed by atoms with E-state index in [9.17, 15) is 13.2 Å². The van der Waals surface area contributed by atoms with Gasteiger partial charge in [0.25, 0.3) is 10.0 Å². The molecule has 7 heteroatoms. The van der Waals surface area contributed by atoms with Crippen LogP contribution >= 0.6 is 15.9 Å². The first-order valence-corrected chi connectivity index (χ1v) is 7.78. The molecule has 2 N–H and O–H groups in total. The summed E-state index contributed by atoms with van der Waals surface area (Å²) in [5.41, 5.74) is 0.174. The number of hydrogen-bond acceptors (Lipinski definition) is 3. The molecule has 0 aliphatic heterocycles. The van der Waals surface area contributed by atoms with Crippen molar-refractivity contribution in [1.82, 2.24) is 0 Å². The van der Waals surface area contributed by atoms with Gasteiger partial charge in [-0.3, -0.25) is 4.72 Å². The number of nitrogens with one attached hydrogen (secondary N) is 1. The number of carbonyl (C=O) groups is 1. The maximum atomic E-state index is 12.1. The monoisotopic (exact) mass is 355 g/mol. The first-order chi connectivity index (χ1) is 9.40. The predicted molar refractivity (Wildman–Crippen MR) is 78.4 cm³/mol. The van der Waals surface area contributed by atoms with Gasteiger partial charge < -0.3 is 5.11 Å². The summed E-state index contributed by atoms with van der Waals surface area (Å²) in [5.74, 6) is -1.14. The first kappa shape index (κ1) is 14.5. The van der Waals surface area contributed by atoms with Gasteiger partial charge in [0, 0.05) is 10.2 Å². The van der Waals surface area contributed by atoms with E-state index >= 15 is 0 Å². The van der Waals surface area contributed by atoms with Gasteiger partial charge in [-0.05, 0) is 46.3 Å². The average molecular weight is 356 g/mol. The van der Waals surface area contributed by atoms with Gasteiger partial charge in [0.1, 0.15) is 0 Å². The van der Waals surface area contributed by atoms with Crippen molar-refractivity contribution >= 4 is 37.6 Å². The Bertz CT molecular complexity index is 744. The highest BCUT2D eigenvalue weighted by Crippen LogP contribution is 2.23. The summed E-state index contributed by atoms with van der Waals surface area (Å²) in [6.07, 6.45) is 0. The highest BCUT2D eigenvalue weighted by Gasteiger charge is 2.15. The van der Waals surface area contributed by atoms with E-state index in [1.54, 1.807) is 18.2 Å². The lowest BCUT2D eigenvalue weighted by Gasteiger charge is -2.09. The fourth-order valence-corrected chi connectivity index (χ4v) is 3.05. The van der Waals surface area contributed by atoms with Crippen LogP contribution in [0.4, 0.5) is 5.69 Å². The Hall–Kier alpha value is -1.86. The topological polar surface area (TPSA) is 83.5 Å². The molecular weight excluding hydrogens is 346 g/mol. The Kier molecular flexibility index (Phi) is 4.10. The molecule has 104 valence electrons. The van der Waals surface area contributed by atoms with Crippen molar-refractivity contribution in [3.63, 3.8) is 0 Å². The molecular formula is C13H10BrNO4S. The maximum Gasteiger partial charge on any atom is 0.336 e. The molecule has 0 heterocycles. The summed E-state index contributed by atoms with van der Waals surface area (Å²) in [7, 11) is -3.73. The van der Waals surface area contributed by atoms with Gasteiger partial charge in [-0.25, -0.2) is 13.2 Å². The minimum atomic E-state index is -3.73. The van der Waals surface area contributed by atoms with Gasteiger partial charge >= 0.3 is 5.97 Å². The second-order valence-electron chi connectivity index (χ2n) is 3.92. The third-order valence-electron chi connectivity index (χ3n) is 2.50. The molecule has 20 heavy (non-hydrogen) atoms. The molecule has 0 radical (unpaired) electrons. The molecule has 0 aromatic heterocycles. The van der Waals surface area contributed by atoms with Crippen molar-refractivity contribution in [3.8, 4) is 0 Å². The molecule has 0 fully saturated rings. The molecule has 2 aromatic carbocycles.